The lowest BCUT2D eigenvalue weighted by Gasteiger charge is -2.20. The van der Waals surface area contributed by atoms with Crippen molar-refractivity contribution < 1.29 is 14.4 Å². The summed E-state index contributed by atoms with van der Waals surface area (Å²) in [6.07, 6.45) is 0. The Hall–Kier alpha value is -1.59. The highest BCUT2D eigenvalue weighted by atomic mass is 35.5. The smallest absolute Gasteiger partial charge is 0.230 e. The largest absolute Gasteiger partial charge is 0.325 e. The van der Waals surface area contributed by atoms with Gasteiger partial charge in [0.1, 0.15) is 0 Å². The average molecular weight is 303 g/mol. The molecule has 19 heavy (non-hydrogen) atoms. The summed E-state index contributed by atoms with van der Waals surface area (Å²) >= 11 is 12.0. The van der Waals surface area contributed by atoms with E-state index >= 15 is 0 Å². The van der Waals surface area contributed by atoms with Gasteiger partial charge >= 0.3 is 0 Å². The minimum atomic E-state index is -0.474. The summed E-state index contributed by atoms with van der Waals surface area (Å²) in [6.45, 7) is 3.82. The fourth-order valence-corrected chi connectivity index (χ4v) is 2.01. The van der Waals surface area contributed by atoms with Crippen molar-refractivity contribution in [3.63, 3.8) is 0 Å². The number of hydrogen-bond acceptors (Lipinski definition) is 3. The molecule has 0 aliphatic rings. The zero-order chi connectivity index (χ0) is 14.7. The van der Waals surface area contributed by atoms with E-state index in [0.717, 1.165) is 4.90 Å². The molecule has 0 saturated carbocycles. The molecule has 7 heteroatoms. The van der Waals surface area contributed by atoms with Gasteiger partial charge in [0.05, 0.1) is 21.4 Å². The van der Waals surface area contributed by atoms with Gasteiger partial charge in [0.25, 0.3) is 0 Å². The molecule has 0 spiro atoms. The topological polar surface area (TPSA) is 66.5 Å². The maximum absolute atomic E-state index is 11.4. The second kappa shape index (κ2) is 6.04. The van der Waals surface area contributed by atoms with Gasteiger partial charge in [-0.2, -0.15) is 0 Å². The van der Waals surface area contributed by atoms with Gasteiger partial charge in [0, 0.05) is 20.8 Å². The molecule has 5 nitrogen and oxygen atoms in total. The number of amides is 3. The van der Waals surface area contributed by atoms with Crippen LogP contribution < -0.4 is 10.2 Å². The monoisotopic (exact) mass is 302 g/mol. The summed E-state index contributed by atoms with van der Waals surface area (Å²) in [5.41, 5.74) is 0.496. The van der Waals surface area contributed by atoms with Gasteiger partial charge in [-0.1, -0.05) is 23.2 Å². The van der Waals surface area contributed by atoms with E-state index < -0.39 is 11.8 Å². The van der Waals surface area contributed by atoms with E-state index in [9.17, 15) is 14.4 Å². The van der Waals surface area contributed by atoms with Crippen molar-refractivity contribution in [3.05, 3.63) is 22.2 Å². The Balaban J connectivity index is 3.31. The molecule has 3 amide bonds. The summed E-state index contributed by atoms with van der Waals surface area (Å²) < 4.78 is 0. The normalized spacial score (nSPS) is 9.95. The van der Waals surface area contributed by atoms with Gasteiger partial charge in [0.2, 0.25) is 17.7 Å². The van der Waals surface area contributed by atoms with Crippen LogP contribution in [0, 0.1) is 0 Å². The Kier molecular flexibility index (Phi) is 4.91. The third-order valence-corrected chi connectivity index (χ3v) is 2.83. The summed E-state index contributed by atoms with van der Waals surface area (Å²) in [5.74, 6) is -1.25. The minimum Gasteiger partial charge on any atom is -0.325 e. The number of imide groups is 1. The maximum Gasteiger partial charge on any atom is 0.230 e. The Labute approximate surface area is 120 Å². The van der Waals surface area contributed by atoms with Crippen molar-refractivity contribution in [2.24, 2.45) is 0 Å². The van der Waals surface area contributed by atoms with E-state index in [0.29, 0.717) is 5.69 Å². The number of carbonyl (C=O) groups is 3. The number of anilines is 2. The fourth-order valence-electron chi connectivity index (χ4n) is 1.55. The van der Waals surface area contributed by atoms with E-state index in [1.807, 2.05) is 0 Å². The fraction of sp³-hybridized carbons (Fsp3) is 0.250. The van der Waals surface area contributed by atoms with Crippen molar-refractivity contribution in [3.8, 4) is 0 Å². The third-order valence-electron chi connectivity index (χ3n) is 2.22. The predicted molar refractivity (Wildman–Crippen MR) is 74.6 cm³/mol. The molecule has 1 aromatic rings. The second-order valence-corrected chi connectivity index (χ2v) is 4.65. The number of rotatable bonds is 2. The quantitative estimate of drug-likeness (QED) is 0.913. The van der Waals surface area contributed by atoms with Crippen LogP contribution in [0.2, 0.25) is 10.0 Å². The lowest BCUT2D eigenvalue weighted by atomic mass is 10.2. The van der Waals surface area contributed by atoms with Crippen LogP contribution >= 0.6 is 23.2 Å². The first-order chi connectivity index (χ1) is 8.73. The van der Waals surface area contributed by atoms with Crippen molar-refractivity contribution >= 4 is 52.3 Å². The van der Waals surface area contributed by atoms with Gasteiger partial charge in [-0.3, -0.25) is 14.4 Å². The van der Waals surface area contributed by atoms with Gasteiger partial charge in [0.15, 0.2) is 0 Å². The molecule has 0 saturated heterocycles. The van der Waals surface area contributed by atoms with Crippen molar-refractivity contribution in [1.29, 1.82) is 0 Å². The molecule has 1 N–H and O–H groups in total. The SMILES string of the molecule is CC(=O)Nc1cc(Cl)c(N(C(C)=O)C(C)=O)cc1Cl. The summed E-state index contributed by atoms with van der Waals surface area (Å²) in [6, 6.07) is 2.75. The number of hydrogen-bond donors (Lipinski definition) is 1. The number of nitrogens with one attached hydrogen (secondary N) is 1. The highest BCUT2D eigenvalue weighted by Gasteiger charge is 2.21. The van der Waals surface area contributed by atoms with Gasteiger partial charge in [-0.05, 0) is 12.1 Å². The molecule has 0 radical (unpaired) electrons. The van der Waals surface area contributed by atoms with E-state index in [1.165, 1.54) is 32.9 Å². The molecule has 0 fully saturated rings. The average Bonchev–Trinajstić information content (AvgIpc) is 2.23. The molecule has 102 valence electrons. The molecule has 1 aromatic carbocycles. The first-order valence-corrected chi connectivity index (χ1v) is 6.07. The Bertz CT molecular complexity index is 544. The van der Waals surface area contributed by atoms with Crippen LogP contribution in [-0.4, -0.2) is 17.7 Å². The van der Waals surface area contributed by atoms with E-state index in [-0.39, 0.29) is 21.6 Å². The first kappa shape index (κ1) is 15.5. The van der Waals surface area contributed by atoms with E-state index in [2.05, 4.69) is 5.32 Å². The highest BCUT2D eigenvalue weighted by Crippen LogP contribution is 2.35. The van der Waals surface area contributed by atoms with E-state index in [1.54, 1.807) is 0 Å². The molecule has 0 bridgehead atoms. The molecule has 0 atom stereocenters. The summed E-state index contributed by atoms with van der Waals surface area (Å²) in [7, 11) is 0. The molecular weight excluding hydrogens is 291 g/mol. The zero-order valence-corrected chi connectivity index (χ0v) is 12.1. The Morgan fingerprint density at radius 1 is 1.00 bits per heavy atom. The van der Waals surface area contributed by atoms with Crippen LogP contribution in [0.4, 0.5) is 11.4 Å². The van der Waals surface area contributed by atoms with Crippen LogP contribution in [0.1, 0.15) is 20.8 Å². The third kappa shape index (κ3) is 3.68. The molecular formula is C12H12Cl2N2O3. The first-order valence-electron chi connectivity index (χ1n) is 5.32. The van der Waals surface area contributed by atoms with Crippen LogP contribution in [0.3, 0.4) is 0 Å². The van der Waals surface area contributed by atoms with Gasteiger partial charge < -0.3 is 5.32 Å². The number of halogens is 2. The van der Waals surface area contributed by atoms with Crippen LogP contribution in [-0.2, 0) is 14.4 Å². The molecule has 0 unspecified atom stereocenters. The molecule has 0 aromatic heterocycles. The van der Waals surface area contributed by atoms with Gasteiger partial charge in [-0.15, -0.1) is 0 Å². The molecule has 0 aliphatic heterocycles. The maximum atomic E-state index is 11.4. The number of carbonyl (C=O) groups excluding carboxylic acids is 3. The van der Waals surface area contributed by atoms with Crippen LogP contribution in [0.25, 0.3) is 0 Å². The summed E-state index contributed by atoms with van der Waals surface area (Å²) in [5, 5.41) is 2.81. The lowest BCUT2D eigenvalue weighted by molar-refractivity contribution is -0.124. The molecule has 0 aliphatic carbocycles. The van der Waals surface area contributed by atoms with E-state index in [4.69, 9.17) is 23.2 Å². The number of benzene rings is 1. The van der Waals surface area contributed by atoms with Crippen LogP contribution in [0.5, 0.6) is 0 Å². The molecule has 1 rings (SSSR count). The summed E-state index contributed by atoms with van der Waals surface area (Å²) in [4.78, 5) is 34.8. The van der Waals surface area contributed by atoms with Crippen molar-refractivity contribution in [1.82, 2.24) is 0 Å². The second-order valence-electron chi connectivity index (χ2n) is 3.84. The Morgan fingerprint density at radius 3 is 1.95 bits per heavy atom. The van der Waals surface area contributed by atoms with Gasteiger partial charge in [-0.25, -0.2) is 4.90 Å². The van der Waals surface area contributed by atoms with Crippen LogP contribution in [0.15, 0.2) is 12.1 Å². The standard InChI is InChI=1S/C12H12Cl2N2O3/c1-6(17)15-11-4-10(14)12(5-9(11)13)16(7(2)18)8(3)19/h4-5H,1-3H3,(H,15,17). The molecule has 0 heterocycles. The van der Waals surface area contributed by atoms with Crippen molar-refractivity contribution in [2.45, 2.75) is 20.8 Å². The minimum absolute atomic E-state index is 0.138. The lowest BCUT2D eigenvalue weighted by Crippen LogP contribution is -2.33. The predicted octanol–water partition coefficient (Wildman–Crippen LogP) is 2.85. The number of nitrogens with zero attached hydrogens (tertiary/aromatic N) is 1. The highest BCUT2D eigenvalue weighted by molar-refractivity contribution is 6.38. The Morgan fingerprint density at radius 2 is 1.53 bits per heavy atom. The van der Waals surface area contributed by atoms with Crippen molar-refractivity contribution in [2.75, 3.05) is 10.2 Å². The zero-order valence-electron chi connectivity index (χ0n) is 10.6.